The summed E-state index contributed by atoms with van der Waals surface area (Å²) in [5.41, 5.74) is 7.04. The lowest BCUT2D eigenvalue weighted by molar-refractivity contribution is -0.115. The minimum absolute atomic E-state index is 0.0833. The monoisotopic (exact) mass is 228 g/mol. The van der Waals surface area contributed by atoms with Gasteiger partial charge in [-0.2, -0.15) is 0 Å². The van der Waals surface area contributed by atoms with Crippen LogP contribution in [-0.4, -0.2) is 18.3 Å². The maximum Gasteiger partial charge on any atom is 0.232 e. The molecule has 1 rings (SSSR count). The van der Waals surface area contributed by atoms with Crippen LogP contribution in [0.15, 0.2) is 24.3 Å². The third-order valence-electron chi connectivity index (χ3n) is 1.53. The first-order chi connectivity index (χ1) is 7.10. The van der Waals surface area contributed by atoms with Gasteiger partial charge < -0.3 is 11.1 Å². The van der Waals surface area contributed by atoms with Gasteiger partial charge in [0.15, 0.2) is 0 Å². The predicted octanol–water partition coefficient (Wildman–Crippen LogP) is 2.14. The van der Waals surface area contributed by atoms with Gasteiger partial charge in [0.1, 0.15) is 5.88 Å². The number of alkyl halides is 1. The molecular formula is C11H17ClN2O. The van der Waals surface area contributed by atoms with Gasteiger partial charge >= 0.3 is 0 Å². The van der Waals surface area contributed by atoms with Gasteiger partial charge in [0.05, 0.1) is 0 Å². The van der Waals surface area contributed by atoms with Crippen molar-refractivity contribution in [2.24, 2.45) is 5.73 Å². The number of carbonyl (C=O) groups is 1. The highest BCUT2D eigenvalue weighted by atomic mass is 35.5. The van der Waals surface area contributed by atoms with Gasteiger partial charge in [0.25, 0.3) is 0 Å². The number of amides is 1. The Kier molecular flexibility index (Phi) is 7.46. The van der Waals surface area contributed by atoms with Crippen LogP contribution >= 0.6 is 11.6 Å². The fourth-order valence-electron chi connectivity index (χ4n) is 0.959. The second-order valence-corrected chi connectivity index (χ2v) is 3.27. The van der Waals surface area contributed by atoms with Crippen molar-refractivity contribution in [2.75, 3.05) is 17.7 Å². The Labute approximate surface area is 95.6 Å². The average molecular weight is 229 g/mol. The molecular weight excluding hydrogens is 212 g/mol. The van der Waals surface area contributed by atoms with Gasteiger partial charge in [-0.05, 0) is 31.5 Å². The van der Waals surface area contributed by atoms with E-state index in [1.165, 1.54) is 11.3 Å². The summed E-state index contributed by atoms with van der Waals surface area (Å²) in [5.74, 6) is -0.563. The van der Waals surface area contributed by atoms with Gasteiger partial charge in [-0.1, -0.05) is 12.1 Å². The van der Waals surface area contributed by atoms with Crippen LogP contribution in [0.3, 0.4) is 0 Å². The molecule has 15 heavy (non-hydrogen) atoms. The van der Waals surface area contributed by atoms with Crippen molar-refractivity contribution in [1.29, 1.82) is 0 Å². The molecule has 0 radical (unpaired) electrons. The van der Waals surface area contributed by atoms with E-state index in [1.54, 1.807) is 0 Å². The van der Waals surface area contributed by atoms with E-state index in [-0.39, 0.29) is 5.88 Å². The number of nitrogens with two attached hydrogens (primary N) is 1. The molecule has 0 atom stereocenters. The number of hydrogen-bond acceptors (Lipinski definition) is 2. The number of benzene rings is 1. The minimum Gasteiger partial charge on any atom is -0.385 e. The van der Waals surface area contributed by atoms with Gasteiger partial charge in [0, 0.05) is 12.2 Å². The van der Waals surface area contributed by atoms with E-state index in [0.717, 1.165) is 6.54 Å². The molecule has 0 spiro atoms. The molecule has 1 amide bonds. The van der Waals surface area contributed by atoms with E-state index in [9.17, 15) is 4.79 Å². The van der Waals surface area contributed by atoms with E-state index in [2.05, 4.69) is 49.2 Å². The normalized spacial score (nSPS) is 8.73. The molecule has 1 aromatic carbocycles. The Morgan fingerprint density at radius 1 is 1.53 bits per heavy atom. The standard InChI is InChI=1S/C9H13N.C2H4ClNO/c1-3-10-9-6-4-5-8(2)7-9;3-1-2(4)5/h4-7,10H,3H2,1-2H3;1H2,(H2,4,5). The average Bonchev–Trinajstić information content (AvgIpc) is 2.19. The Morgan fingerprint density at radius 3 is 2.53 bits per heavy atom. The summed E-state index contributed by atoms with van der Waals surface area (Å²) in [7, 11) is 0. The number of hydrogen-bond donors (Lipinski definition) is 2. The van der Waals surface area contributed by atoms with Crippen molar-refractivity contribution in [2.45, 2.75) is 13.8 Å². The second-order valence-electron chi connectivity index (χ2n) is 3.00. The summed E-state index contributed by atoms with van der Waals surface area (Å²) in [4.78, 5) is 9.46. The molecule has 84 valence electrons. The Bertz CT molecular complexity index is 302. The Hall–Kier alpha value is -1.22. The van der Waals surface area contributed by atoms with Crippen molar-refractivity contribution < 1.29 is 4.79 Å². The van der Waals surface area contributed by atoms with Crippen LogP contribution in [0.5, 0.6) is 0 Å². The summed E-state index contributed by atoms with van der Waals surface area (Å²) < 4.78 is 0. The highest BCUT2D eigenvalue weighted by molar-refractivity contribution is 6.27. The lowest BCUT2D eigenvalue weighted by Gasteiger charge is -2.02. The number of aryl methyl sites for hydroxylation is 1. The number of anilines is 1. The third-order valence-corrected chi connectivity index (χ3v) is 1.79. The molecule has 3 nitrogen and oxygen atoms in total. The molecule has 4 heteroatoms. The zero-order valence-corrected chi connectivity index (χ0v) is 9.84. The van der Waals surface area contributed by atoms with Crippen molar-refractivity contribution in [3.63, 3.8) is 0 Å². The number of rotatable bonds is 3. The molecule has 0 aromatic heterocycles. The summed E-state index contributed by atoms with van der Waals surface area (Å²) in [6.07, 6.45) is 0. The zero-order chi connectivity index (χ0) is 11.7. The van der Waals surface area contributed by atoms with Crippen LogP contribution in [0.25, 0.3) is 0 Å². The first-order valence-electron chi connectivity index (χ1n) is 4.75. The predicted molar refractivity (Wildman–Crippen MR) is 65.3 cm³/mol. The lowest BCUT2D eigenvalue weighted by Crippen LogP contribution is -2.10. The number of halogens is 1. The first kappa shape index (κ1) is 13.8. The molecule has 0 saturated heterocycles. The van der Waals surface area contributed by atoms with Crippen molar-refractivity contribution >= 4 is 23.2 Å². The number of carbonyl (C=O) groups excluding carboxylic acids is 1. The fourth-order valence-corrected chi connectivity index (χ4v) is 0.959. The summed E-state index contributed by atoms with van der Waals surface area (Å²) in [5, 5.41) is 3.25. The van der Waals surface area contributed by atoms with Gasteiger partial charge in [-0.25, -0.2) is 0 Å². The van der Waals surface area contributed by atoms with Crippen LogP contribution in [0, 0.1) is 6.92 Å². The first-order valence-corrected chi connectivity index (χ1v) is 5.28. The number of nitrogens with one attached hydrogen (secondary N) is 1. The van der Waals surface area contributed by atoms with Crippen LogP contribution in [0.2, 0.25) is 0 Å². The zero-order valence-electron chi connectivity index (χ0n) is 9.09. The van der Waals surface area contributed by atoms with E-state index in [4.69, 9.17) is 11.6 Å². The highest BCUT2D eigenvalue weighted by Gasteiger charge is 1.87. The summed E-state index contributed by atoms with van der Waals surface area (Å²) >= 11 is 4.86. The molecule has 1 aromatic rings. The van der Waals surface area contributed by atoms with E-state index >= 15 is 0 Å². The molecule has 0 unspecified atom stereocenters. The molecule has 0 heterocycles. The molecule has 0 saturated carbocycles. The van der Waals surface area contributed by atoms with Crippen LogP contribution in [-0.2, 0) is 4.79 Å². The smallest absolute Gasteiger partial charge is 0.232 e. The fraction of sp³-hybridized carbons (Fsp3) is 0.364. The van der Waals surface area contributed by atoms with Crippen LogP contribution < -0.4 is 11.1 Å². The van der Waals surface area contributed by atoms with Crippen molar-refractivity contribution in [3.8, 4) is 0 Å². The van der Waals surface area contributed by atoms with E-state index in [0.29, 0.717) is 0 Å². The van der Waals surface area contributed by atoms with Gasteiger partial charge in [0.2, 0.25) is 5.91 Å². The minimum atomic E-state index is -0.480. The topological polar surface area (TPSA) is 55.1 Å². The summed E-state index contributed by atoms with van der Waals surface area (Å²) in [6.45, 7) is 5.19. The second kappa shape index (κ2) is 8.12. The van der Waals surface area contributed by atoms with Crippen LogP contribution in [0.1, 0.15) is 12.5 Å². The maximum absolute atomic E-state index is 9.46. The molecule has 3 N–H and O–H groups in total. The SMILES string of the molecule is CCNc1cccc(C)c1.NC(=O)CCl. The Balaban J connectivity index is 0.000000336. The molecule has 0 aliphatic carbocycles. The molecule has 0 aliphatic rings. The lowest BCUT2D eigenvalue weighted by atomic mass is 10.2. The highest BCUT2D eigenvalue weighted by Crippen LogP contribution is 2.08. The third kappa shape index (κ3) is 7.82. The summed E-state index contributed by atoms with van der Waals surface area (Å²) in [6, 6.07) is 8.38. The maximum atomic E-state index is 9.46. The van der Waals surface area contributed by atoms with E-state index in [1.807, 2.05) is 0 Å². The Morgan fingerprint density at radius 2 is 2.13 bits per heavy atom. The van der Waals surface area contributed by atoms with Gasteiger partial charge in [-0.3, -0.25) is 4.79 Å². The number of primary amides is 1. The van der Waals surface area contributed by atoms with E-state index < -0.39 is 5.91 Å². The molecule has 0 aliphatic heterocycles. The van der Waals surface area contributed by atoms with Crippen molar-refractivity contribution in [1.82, 2.24) is 0 Å². The van der Waals surface area contributed by atoms with Crippen LogP contribution in [0.4, 0.5) is 5.69 Å². The largest absolute Gasteiger partial charge is 0.385 e. The quantitative estimate of drug-likeness (QED) is 0.779. The molecule has 0 bridgehead atoms. The van der Waals surface area contributed by atoms with Crippen molar-refractivity contribution in [3.05, 3.63) is 29.8 Å². The molecule has 0 fully saturated rings. The van der Waals surface area contributed by atoms with Gasteiger partial charge in [-0.15, -0.1) is 11.6 Å².